The standard InChI is InChI=1S/C10H12N4O2S3/c1-5-4-7(16-14-5)11-8(15)6(2)18-10-13-12-9(17-3)19-10/h4,6H,1-3H3,(H,11,15). The molecule has 0 fully saturated rings. The number of carbonyl (C=O) groups is 1. The molecule has 0 aliphatic carbocycles. The van der Waals surface area contributed by atoms with E-state index in [9.17, 15) is 4.79 Å². The van der Waals surface area contributed by atoms with Gasteiger partial charge in [-0.2, -0.15) is 0 Å². The normalized spacial score (nSPS) is 12.4. The number of hydrogen-bond acceptors (Lipinski definition) is 8. The van der Waals surface area contributed by atoms with Crippen LogP contribution in [0.15, 0.2) is 19.3 Å². The van der Waals surface area contributed by atoms with Gasteiger partial charge in [0.2, 0.25) is 11.8 Å². The number of carbonyl (C=O) groups excluding carboxylic acids is 1. The minimum atomic E-state index is -0.284. The van der Waals surface area contributed by atoms with Gasteiger partial charge in [0, 0.05) is 6.07 Å². The summed E-state index contributed by atoms with van der Waals surface area (Å²) in [6.45, 7) is 3.60. The zero-order valence-corrected chi connectivity index (χ0v) is 13.0. The lowest BCUT2D eigenvalue weighted by atomic mass is 10.4. The van der Waals surface area contributed by atoms with Crippen LogP contribution in [-0.4, -0.2) is 32.8 Å². The fourth-order valence-electron chi connectivity index (χ4n) is 1.18. The quantitative estimate of drug-likeness (QED) is 0.849. The van der Waals surface area contributed by atoms with Gasteiger partial charge in [-0.1, -0.05) is 40.0 Å². The first-order valence-corrected chi connectivity index (χ1v) is 8.29. The zero-order chi connectivity index (χ0) is 13.8. The predicted molar refractivity (Wildman–Crippen MR) is 76.9 cm³/mol. The van der Waals surface area contributed by atoms with E-state index >= 15 is 0 Å². The topological polar surface area (TPSA) is 80.9 Å². The number of anilines is 1. The lowest BCUT2D eigenvalue weighted by molar-refractivity contribution is -0.115. The van der Waals surface area contributed by atoms with E-state index in [4.69, 9.17) is 4.52 Å². The minimum Gasteiger partial charge on any atom is -0.338 e. The number of hydrogen-bond donors (Lipinski definition) is 1. The van der Waals surface area contributed by atoms with E-state index in [1.54, 1.807) is 13.0 Å². The number of amides is 1. The summed E-state index contributed by atoms with van der Waals surface area (Å²) in [4.78, 5) is 11.9. The SMILES string of the molecule is CSc1nnc(SC(C)C(=O)Nc2cc(C)no2)s1. The monoisotopic (exact) mass is 316 g/mol. The summed E-state index contributed by atoms with van der Waals surface area (Å²) in [7, 11) is 0. The highest BCUT2D eigenvalue weighted by Gasteiger charge is 2.18. The van der Waals surface area contributed by atoms with Crippen molar-refractivity contribution in [1.82, 2.24) is 15.4 Å². The van der Waals surface area contributed by atoms with Gasteiger partial charge in [0.1, 0.15) is 0 Å². The molecule has 0 aromatic carbocycles. The molecule has 9 heteroatoms. The number of nitrogens with zero attached hydrogens (tertiary/aromatic N) is 3. The largest absolute Gasteiger partial charge is 0.338 e. The molecule has 0 radical (unpaired) electrons. The Morgan fingerprint density at radius 1 is 1.47 bits per heavy atom. The molecule has 0 saturated heterocycles. The van der Waals surface area contributed by atoms with Crippen LogP contribution in [-0.2, 0) is 4.79 Å². The lowest BCUT2D eigenvalue weighted by Gasteiger charge is -2.07. The van der Waals surface area contributed by atoms with Crippen LogP contribution in [0, 0.1) is 6.92 Å². The lowest BCUT2D eigenvalue weighted by Crippen LogP contribution is -2.22. The maximum atomic E-state index is 11.9. The van der Waals surface area contributed by atoms with E-state index in [2.05, 4.69) is 20.7 Å². The molecular weight excluding hydrogens is 304 g/mol. The Morgan fingerprint density at radius 3 is 2.79 bits per heavy atom. The molecule has 0 saturated carbocycles. The molecule has 1 amide bonds. The number of nitrogens with one attached hydrogen (secondary N) is 1. The first-order chi connectivity index (χ1) is 9.08. The average Bonchev–Trinajstić information content (AvgIpc) is 2.98. The molecule has 0 aliphatic heterocycles. The molecule has 6 nitrogen and oxygen atoms in total. The molecule has 1 N–H and O–H groups in total. The fraction of sp³-hybridized carbons (Fsp3) is 0.400. The molecular formula is C10H12N4O2S3. The van der Waals surface area contributed by atoms with E-state index in [0.717, 1.165) is 14.4 Å². The maximum Gasteiger partial charge on any atom is 0.240 e. The third kappa shape index (κ3) is 3.95. The molecule has 0 aliphatic rings. The second kappa shape index (κ2) is 6.40. The number of rotatable bonds is 5. The average molecular weight is 316 g/mol. The van der Waals surface area contributed by atoms with Crippen LogP contribution in [0.4, 0.5) is 5.88 Å². The summed E-state index contributed by atoms with van der Waals surface area (Å²) in [6, 6.07) is 1.67. The van der Waals surface area contributed by atoms with E-state index in [1.165, 1.54) is 34.9 Å². The van der Waals surface area contributed by atoms with Crippen LogP contribution in [0.25, 0.3) is 0 Å². The first-order valence-electron chi connectivity index (χ1n) is 5.37. The van der Waals surface area contributed by atoms with Crippen molar-refractivity contribution >= 4 is 46.7 Å². The smallest absolute Gasteiger partial charge is 0.240 e. The van der Waals surface area contributed by atoms with Gasteiger partial charge < -0.3 is 4.52 Å². The van der Waals surface area contributed by atoms with Crippen LogP contribution >= 0.6 is 34.9 Å². The molecule has 0 spiro atoms. The predicted octanol–water partition coefficient (Wildman–Crippen LogP) is 2.68. The molecule has 0 bridgehead atoms. The Labute approximate surface area is 122 Å². The summed E-state index contributed by atoms with van der Waals surface area (Å²) < 4.78 is 6.61. The number of thioether (sulfide) groups is 2. The molecule has 102 valence electrons. The van der Waals surface area contributed by atoms with Crippen LogP contribution in [0.5, 0.6) is 0 Å². The van der Waals surface area contributed by atoms with Gasteiger partial charge in [-0.05, 0) is 20.1 Å². The van der Waals surface area contributed by atoms with Crippen molar-refractivity contribution in [3.05, 3.63) is 11.8 Å². The molecule has 1 atom stereocenters. The second-order valence-electron chi connectivity index (χ2n) is 3.62. The highest BCUT2D eigenvalue weighted by molar-refractivity contribution is 8.03. The Balaban J connectivity index is 1.91. The third-order valence-corrected chi connectivity index (χ3v) is 5.17. The van der Waals surface area contributed by atoms with Crippen LogP contribution < -0.4 is 5.32 Å². The Bertz CT molecular complexity index is 569. The molecule has 1 unspecified atom stereocenters. The Morgan fingerprint density at radius 2 is 2.21 bits per heavy atom. The van der Waals surface area contributed by atoms with Gasteiger partial charge in [-0.15, -0.1) is 10.2 Å². The molecule has 2 aromatic heterocycles. The van der Waals surface area contributed by atoms with Gasteiger partial charge in [0.15, 0.2) is 8.68 Å². The van der Waals surface area contributed by atoms with Crippen molar-refractivity contribution in [2.45, 2.75) is 27.8 Å². The van der Waals surface area contributed by atoms with Crippen LogP contribution in [0.3, 0.4) is 0 Å². The number of aryl methyl sites for hydroxylation is 1. The van der Waals surface area contributed by atoms with Crippen LogP contribution in [0.1, 0.15) is 12.6 Å². The van der Waals surface area contributed by atoms with Crippen molar-refractivity contribution in [2.75, 3.05) is 11.6 Å². The van der Waals surface area contributed by atoms with E-state index in [-0.39, 0.29) is 11.2 Å². The minimum absolute atomic E-state index is 0.151. The zero-order valence-electron chi connectivity index (χ0n) is 10.5. The fourth-order valence-corrected chi connectivity index (χ4v) is 3.76. The second-order valence-corrected chi connectivity index (χ2v) is 7.24. The highest BCUT2D eigenvalue weighted by Crippen LogP contribution is 2.30. The van der Waals surface area contributed by atoms with E-state index < -0.39 is 0 Å². The van der Waals surface area contributed by atoms with Gasteiger partial charge in [-0.3, -0.25) is 10.1 Å². The molecule has 19 heavy (non-hydrogen) atoms. The van der Waals surface area contributed by atoms with Crippen molar-refractivity contribution in [1.29, 1.82) is 0 Å². The van der Waals surface area contributed by atoms with E-state index in [1.807, 2.05) is 13.2 Å². The Hall–Kier alpha value is -1.06. The van der Waals surface area contributed by atoms with Crippen molar-refractivity contribution in [3.8, 4) is 0 Å². The number of aromatic nitrogens is 3. The summed E-state index contributed by atoms with van der Waals surface area (Å²) >= 11 is 4.39. The summed E-state index contributed by atoms with van der Waals surface area (Å²) in [5.74, 6) is 0.207. The Kier molecular flexibility index (Phi) is 4.83. The van der Waals surface area contributed by atoms with E-state index in [0.29, 0.717) is 5.88 Å². The summed E-state index contributed by atoms with van der Waals surface area (Å²) in [5, 5.41) is 14.1. The first kappa shape index (κ1) is 14.4. The van der Waals surface area contributed by atoms with Gasteiger partial charge in [0.25, 0.3) is 0 Å². The van der Waals surface area contributed by atoms with Crippen molar-refractivity contribution < 1.29 is 9.32 Å². The van der Waals surface area contributed by atoms with Crippen molar-refractivity contribution in [3.63, 3.8) is 0 Å². The maximum absolute atomic E-state index is 11.9. The summed E-state index contributed by atoms with van der Waals surface area (Å²) in [6.07, 6.45) is 1.94. The summed E-state index contributed by atoms with van der Waals surface area (Å²) in [5.41, 5.74) is 0.726. The molecule has 2 heterocycles. The van der Waals surface area contributed by atoms with Crippen LogP contribution in [0.2, 0.25) is 0 Å². The molecule has 2 aromatic rings. The van der Waals surface area contributed by atoms with Gasteiger partial charge in [-0.25, -0.2) is 0 Å². The van der Waals surface area contributed by atoms with Gasteiger partial charge in [0.05, 0.1) is 10.9 Å². The highest BCUT2D eigenvalue weighted by atomic mass is 32.2. The third-order valence-electron chi connectivity index (χ3n) is 2.08. The van der Waals surface area contributed by atoms with Gasteiger partial charge >= 0.3 is 0 Å². The van der Waals surface area contributed by atoms with Crippen molar-refractivity contribution in [2.24, 2.45) is 0 Å². The molecule has 2 rings (SSSR count).